The fraction of sp³-hybridized carbons (Fsp3) is 0.160. The van der Waals surface area contributed by atoms with E-state index in [4.69, 9.17) is 0 Å². The van der Waals surface area contributed by atoms with E-state index in [1.165, 1.54) is 11.1 Å². The predicted octanol–water partition coefficient (Wildman–Crippen LogP) is 4.45. The topological polar surface area (TPSA) is 59.8 Å². The van der Waals surface area contributed by atoms with Crippen LogP contribution in [0.15, 0.2) is 85.1 Å². The van der Waals surface area contributed by atoms with Crippen LogP contribution in [0.2, 0.25) is 0 Å². The fourth-order valence-electron chi connectivity index (χ4n) is 3.60. The van der Waals surface area contributed by atoms with Gasteiger partial charge in [-0.05, 0) is 43.2 Å². The third-order valence-corrected chi connectivity index (χ3v) is 5.11. The van der Waals surface area contributed by atoms with Crippen LogP contribution in [0.1, 0.15) is 38.8 Å². The Morgan fingerprint density at radius 3 is 2.07 bits per heavy atom. The number of aromatic nitrogens is 3. The largest absolute Gasteiger partial charge is 0.351 e. The van der Waals surface area contributed by atoms with Gasteiger partial charge in [-0.15, -0.1) is 0 Å². The van der Waals surface area contributed by atoms with E-state index in [1.54, 1.807) is 16.9 Å². The van der Waals surface area contributed by atoms with E-state index in [9.17, 15) is 4.79 Å². The molecular formula is C25H24N4O. The van der Waals surface area contributed by atoms with Crippen molar-refractivity contribution in [3.05, 3.63) is 113 Å². The molecule has 0 saturated carbocycles. The number of rotatable bonds is 6. The summed E-state index contributed by atoms with van der Waals surface area (Å²) in [6, 6.07) is 26.1. The Morgan fingerprint density at radius 1 is 0.933 bits per heavy atom. The van der Waals surface area contributed by atoms with Crippen LogP contribution in [0.25, 0.3) is 5.82 Å². The highest BCUT2D eigenvalue weighted by Gasteiger charge is 2.16. The quantitative estimate of drug-likeness (QED) is 0.524. The summed E-state index contributed by atoms with van der Waals surface area (Å²) in [6.07, 6.45) is 1.60. The summed E-state index contributed by atoms with van der Waals surface area (Å²) in [7, 11) is 0. The number of pyridine rings is 1. The Hall–Kier alpha value is -3.73. The van der Waals surface area contributed by atoms with Crippen molar-refractivity contribution in [2.75, 3.05) is 6.54 Å². The molecule has 5 nitrogen and oxygen atoms in total. The van der Waals surface area contributed by atoms with Crippen molar-refractivity contribution in [3.63, 3.8) is 0 Å². The van der Waals surface area contributed by atoms with Crippen LogP contribution in [0.4, 0.5) is 0 Å². The number of nitrogens with zero attached hydrogens (tertiary/aromatic N) is 3. The molecule has 0 radical (unpaired) electrons. The minimum Gasteiger partial charge on any atom is -0.351 e. The predicted molar refractivity (Wildman–Crippen MR) is 118 cm³/mol. The molecule has 2 aromatic heterocycles. The third-order valence-electron chi connectivity index (χ3n) is 5.11. The average molecular weight is 396 g/mol. The highest BCUT2D eigenvalue weighted by Crippen LogP contribution is 2.23. The fourth-order valence-corrected chi connectivity index (χ4v) is 3.60. The number of carbonyl (C=O) groups is 1. The van der Waals surface area contributed by atoms with Crippen molar-refractivity contribution < 1.29 is 4.79 Å². The van der Waals surface area contributed by atoms with E-state index >= 15 is 0 Å². The standard InChI is InChI=1S/C25H24N4O/c1-18-15-19(2)29(28-18)24-14-13-22(16-26-24)25(30)27-17-23(20-9-5-3-6-10-20)21-11-7-4-8-12-21/h3-16,23H,17H2,1-2H3,(H,27,30). The van der Waals surface area contributed by atoms with E-state index in [0.29, 0.717) is 17.9 Å². The second kappa shape index (κ2) is 8.74. The number of carbonyl (C=O) groups excluding carboxylic acids is 1. The van der Waals surface area contributed by atoms with Crippen molar-refractivity contribution in [1.82, 2.24) is 20.1 Å². The van der Waals surface area contributed by atoms with Crippen LogP contribution in [-0.4, -0.2) is 27.2 Å². The maximum atomic E-state index is 12.8. The van der Waals surface area contributed by atoms with E-state index in [-0.39, 0.29) is 11.8 Å². The molecule has 5 heteroatoms. The summed E-state index contributed by atoms with van der Waals surface area (Å²) in [5.74, 6) is 0.640. The van der Waals surface area contributed by atoms with E-state index < -0.39 is 0 Å². The molecule has 2 heterocycles. The molecular weight excluding hydrogens is 372 g/mol. The first-order chi connectivity index (χ1) is 14.6. The van der Waals surface area contributed by atoms with Crippen molar-refractivity contribution in [3.8, 4) is 5.82 Å². The van der Waals surface area contributed by atoms with Gasteiger partial charge in [-0.1, -0.05) is 60.7 Å². The first-order valence-electron chi connectivity index (χ1n) is 9.99. The van der Waals surface area contributed by atoms with Gasteiger partial charge in [-0.3, -0.25) is 4.79 Å². The number of nitrogens with one attached hydrogen (secondary N) is 1. The Morgan fingerprint density at radius 2 is 1.57 bits per heavy atom. The van der Waals surface area contributed by atoms with Gasteiger partial charge in [0.15, 0.2) is 5.82 Å². The molecule has 1 amide bonds. The van der Waals surface area contributed by atoms with Crippen LogP contribution in [-0.2, 0) is 0 Å². The monoisotopic (exact) mass is 396 g/mol. The van der Waals surface area contributed by atoms with Crippen molar-refractivity contribution >= 4 is 5.91 Å². The number of amides is 1. The van der Waals surface area contributed by atoms with Crippen LogP contribution in [0, 0.1) is 13.8 Å². The van der Waals surface area contributed by atoms with Crippen LogP contribution < -0.4 is 5.32 Å². The number of aryl methyl sites for hydroxylation is 2. The minimum atomic E-state index is -0.140. The Balaban J connectivity index is 1.49. The molecule has 0 aliphatic rings. The molecule has 0 saturated heterocycles. The molecule has 1 N–H and O–H groups in total. The molecule has 0 atom stereocenters. The third kappa shape index (κ3) is 4.30. The highest BCUT2D eigenvalue weighted by atomic mass is 16.1. The molecule has 4 rings (SSSR count). The van der Waals surface area contributed by atoms with Gasteiger partial charge < -0.3 is 5.32 Å². The van der Waals surface area contributed by atoms with Gasteiger partial charge in [-0.25, -0.2) is 9.67 Å². The van der Waals surface area contributed by atoms with Gasteiger partial charge >= 0.3 is 0 Å². The van der Waals surface area contributed by atoms with Crippen LogP contribution in [0.3, 0.4) is 0 Å². The maximum Gasteiger partial charge on any atom is 0.252 e. The summed E-state index contributed by atoms with van der Waals surface area (Å²) in [5, 5.41) is 7.50. The van der Waals surface area contributed by atoms with Crippen molar-refractivity contribution in [2.24, 2.45) is 0 Å². The smallest absolute Gasteiger partial charge is 0.252 e. The molecule has 0 fully saturated rings. The summed E-state index contributed by atoms with van der Waals surface area (Å²) in [5.41, 5.74) is 4.80. The van der Waals surface area contributed by atoms with Gasteiger partial charge in [0.05, 0.1) is 11.3 Å². The van der Waals surface area contributed by atoms with Crippen molar-refractivity contribution in [2.45, 2.75) is 19.8 Å². The average Bonchev–Trinajstić information content (AvgIpc) is 3.13. The zero-order valence-electron chi connectivity index (χ0n) is 17.1. The lowest BCUT2D eigenvalue weighted by molar-refractivity contribution is 0.0952. The minimum absolute atomic E-state index is 0.0817. The lowest BCUT2D eigenvalue weighted by Gasteiger charge is -2.19. The molecule has 0 aliphatic heterocycles. The second-order valence-corrected chi connectivity index (χ2v) is 7.33. The molecule has 30 heavy (non-hydrogen) atoms. The first-order valence-corrected chi connectivity index (χ1v) is 9.99. The van der Waals surface area contributed by atoms with Crippen molar-refractivity contribution in [1.29, 1.82) is 0 Å². The molecule has 0 unspecified atom stereocenters. The molecule has 0 bridgehead atoms. The zero-order chi connectivity index (χ0) is 20.9. The number of hydrogen-bond donors (Lipinski definition) is 1. The van der Waals surface area contributed by atoms with Gasteiger partial charge in [-0.2, -0.15) is 5.10 Å². The Bertz CT molecular complexity index is 1080. The first kappa shape index (κ1) is 19.6. The Kier molecular flexibility index (Phi) is 5.70. The van der Waals surface area contributed by atoms with Gasteiger partial charge in [0, 0.05) is 24.4 Å². The molecule has 0 spiro atoms. The molecule has 0 aliphatic carbocycles. The van der Waals surface area contributed by atoms with E-state index in [0.717, 1.165) is 11.4 Å². The number of benzene rings is 2. The van der Waals surface area contributed by atoms with Gasteiger partial charge in [0.25, 0.3) is 5.91 Å². The summed E-state index contributed by atoms with van der Waals surface area (Å²) >= 11 is 0. The lowest BCUT2D eigenvalue weighted by atomic mass is 9.91. The highest BCUT2D eigenvalue weighted by molar-refractivity contribution is 5.94. The van der Waals surface area contributed by atoms with Gasteiger partial charge in [0.2, 0.25) is 0 Å². The summed E-state index contributed by atoms with van der Waals surface area (Å²) in [4.78, 5) is 17.2. The normalized spacial score (nSPS) is 10.9. The van der Waals surface area contributed by atoms with Gasteiger partial charge in [0.1, 0.15) is 0 Å². The molecule has 4 aromatic rings. The van der Waals surface area contributed by atoms with Crippen LogP contribution in [0.5, 0.6) is 0 Å². The molecule has 150 valence electrons. The zero-order valence-corrected chi connectivity index (χ0v) is 17.1. The second-order valence-electron chi connectivity index (χ2n) is 7.33. The summed E-state index contributed by atoms with van der Waals surface area (Å²) in [6.45, 7) is 4.43. The SMILES string of the molecule is Cc1cc(C)n(-c2ccc(C(=O)NCC(c3ccccc3)c3ccccc3)cn2)n1. The summed E-state index contributed by atoms with van der Waals surface area (Å²) < 4.78 is 1.78. The lowest BCUT2D eigenvalue weighted by Crippen LogP contribution is -2.29. The number of hydrogen-bond acceptors (Lipinski definition) is 3. The molecule has 2 aromatic carbocycles. The maximum absolute atomic E-state index is 12.8. The van der Waals surface area contributed by atoms with Crippen LogP contribution >= 0.6 is 0 Å². The van der Waals surface area contributed by atoms with E-state index in [1.807, 2.05) is 62.4 Å². The van der Waals surface area contributed by atoms with E-state index in [2.05, 4.69) is 39.7 Å². The Labute approximate surface area is 176 Å².